The predicted molar refractivity (Wildman–Crippen MR) is 61.4 cm³/mol. The van der Waals surface area contributed by atoms with E-state index in [2.05, 4.69) is 0 Å². The van der Waals surface area contributed by atoms with Gasteiger partial charge in [-0.25, -0.2) is 0 Å². The molecule has 0 spiro atoms. The van der Waals surface area contributed by atoms with E-state index in [9.17, 15) is 0 Å². The Morgan fingerprint density at radius 3 is 2.40 bits per heavy atom. The van der Waals surface area contributed by atoms with Crippen LogP contribution in [0, 0.1) is 0 Å². The van der Waals surface area contributed by atoms with Gasteiger partial charge in [0.15, 0.2) is 0 Å². The minimum Gasteiger partial charge on any atom is -0.494 e. The molecule has 1 aromatic rings. The first-order chi connectivity index (χ1) is 7.19. The van der Waals surface area contributed by atoms with Crippen LogP contribution in [0.5, 0.6) is 11.5 Å². The molecule has 0 aliphatic rings. The van der Waals surface area contributed by atoms with Crippen molar-refractivity contribution in [3.63, 3.8) is 0 Å². The molecule has 84 valence electrons. The van der Waals surface area contributed by atoms with Crippen molar-refractivity contribution >= 4 is 0 Å². The molecule has 0 bridgehead atoms. The molecule has 0 saturated heterocycles. The van der Waals surface area contributed by atoms with Gasteiger partial charge in [-0.05, 0) is 39.0 Å². The van der Waals surface area contributed by atoms with Crippen LogP contribution in [0.15, 0.2) is 18.2 Å². The van der Waals surface area contributed by atoms with Gasteiger partial charge >= 0.3 is 0 Å². The van der Waals surface area contributed by atoms with E-state index in [1.807, 2.05) is 39.0 Å². The highest BCUT2D eigenvalue weighted by Gasteiger charge is 2.09. The Bertz CT molecular complexity index is 310. The fourth-order valence-corrected chi connectivity index (χ4v) is 1.43. The van der Waals surface area contributed by atoms with E-state index in [1.165, 1.54) is 0 Å². The van der Waals surface area contributed by atoms with Gasteiger partial charge in [0.2, 0.25) is 0 Å². The van der Waals surface area contributed by atoms with E-state index in [-0.39, 0.29) is 6.04 Å². The molecular weight excluding hydrogens is 190 g/mol. The van der Waals surface area contributed by atoms with E-state index in [1.54, 1.807) is 0 Å². The van der Waals surface area contributed by atoms with E-state index in [0.29, 0.717) is 13.2 Å². The quantitative estimate of drug-likeness (QED) is 0.810. The molecule has 0 amide bonds. The average molecular weight is 209 g/mol. The standard InChI is InChI=1S/C12H19NO2/c1-4-14-10-6-7-12(15-5-2)11(8-10)9(3)13/h6-9H,4-5,13H2,1-3H3. The minimum absolute atomic E-state index is 0.0491. The Morgan fingerprint density at radius 2 is 1.87 bits per heavy atom. The first-order valence-corrected chi connectivity index (χ1v) is 5.34. The molecule has 0 radical (unpaired) electrons. The third-order valence-electron chi connectivity index (χ3n) is 2.08. The largest absolute Gasteiger partial charge is 0.494 e. The monoisotopic (exact) mass is 209 g/mol. The second-order valence-electron chi connectivity index (χ2n) is 3.35. The zero-order valence-corrected chi connectivity index (χ0v) is 9.62. The molecule has 0 aliphatic heterocycles. The highest BCUT2D eigenvalue weighted by Crippen LogP contribution is 2.28. The zero-order chi connectivity index (χ0) is 11.3. The van der Waals surface area contributed by atoms with Gasteiger partial charge in [0.25, 0.3) is 0 Å². The molecule has 2 N–H and O–H groups in total. The van der Waals surface area contributed by atoms with E-state index in [0.717, 1.165) is 17.1 Å². The van der Waals surface area contributed by atoms with Gasteiger partial charge in [-0.15, -0.1) is 0 Å². The summed E-state index contributed by atoms with van der Waals surface area (Å²) in [6.45, 7) is 7.16. The van der Waals surface area contributed by atoms with Crippen molar-refractivity contribution in [3.05, 3.63) is 23.8 Å². The zero-order valence-electron chi connectivity index (χ0n) is 9.62. The molecule has 0 aromatic heterocycles. The SMILES string of the molecule is CCOc1ccc(OCC)c(C(C)N)c1. The number of nitrogens with two attached hydrogens (primary N) is 1. The highest BCUT2D eigenvalue weighted by molar-refractivity contribution is 5.41. The Morgan fingerprint density at radius 1 is 1.20 bits per heavy atom. The third kappa shape index (κ3) is 3.13. The lowest BCUT2D eigenvalue weighted by Crippen LogP contribution is -2.08. The van der Waals surface area contributed by atoms with Crippen LogP contribution in [0.4, 0.5) is 0 Å². The first kappa shape index (κ1) is 11.9. The molecular formula is C12H19NO2. The highest BCUT2D eigenvalue weighted by atomic mass is 16.5. The number of hydrogen-bond donors (Lipinski definition) is 1. The summed E-state index contributed by atoms with van der Waals surface area (Å²) in [5.41, 5.74) is 6.86. The lowest BCUT2D eigenvalue weighted by molar-refractivity contribution is 0.326. The van der Waals surface area contributed by atoms with Crippen LogP contribution in [0.3, 0.4) is 0 Å². The Balaban J connectivity index is 2.97. The Labute approximate surface area is 91.2 Å². The summed E-state index contributed by atoms with van der Waals surface area (Å²) >= 11 is 0. The summed E-state index contributed by atoms with van der Waals surface area (Å²) in [5.74, 6) is 1.68. The van der Waals surface area contributed by atoms with Crippen LogP contribution in [0.25, 0.3) is 0 Å². The van der Waals surface area contributed by atoms with Crippen molar-refractivity contribution in [1.82, 2.24) is 0 Å². The predicted octanol–water partition coefficient (Wildman–Crippen LogP) is 2.50. The normalized spacial score (nSPS) is 12.3. The van der Waals surface area contributed by atoms with Crippen molar-refractivity contribution in [2.75, 3.05) is 13.2 Å². The molecule has 1 unspecified atom stereocenters. The summed E-state index contributed by atoms with van der Waals surface area (Å²) in [6, 6.07) is 5.71. The fraction of sp³-hybridized carbons (Fsp3) is 0.500. The second kappa shape index (κ2) is 5.61. The second-order valence-corrected chi connectivity index (χ2v) is 3.35. The molecule has 3 heteroatoms. The summed E-state index contributed by atoms with van der Waals surface area (Å²) in [5, 5.41) is 0. The Hall–Kier alpha value is -1.22. The topological polar surface area (TPSA) is 44.5 Å². The summed E-state index contributed by atoms with van der Waals surface area (Å²) in [6.07, 6.45) is 0. The van der Waals surface area contributed by atoms with E-state index >= 15 is 0 Å². The van der Waals surface area contributed by atoms with Crippen LogP contribution in [0.2, 0.25) is 0 Å². The maximum Gasteiger partial charge on any atom is 0.124 e. The molecule has 0 heterocycles. The van der Waals surface area contributed by atoms with Crippen LogP contribution in [-0.2, 0) is 0 Å². The van der Waals surface area contributed by atoms with Crippen molar-refractivity contribution in [3.8, 4) is 11.5 Å². The molecule has 1 atom stereocenters. The van der Waals surface area contributed by atoms with E-state index < -0.39 is 0 Å². The van der Waals surface area contributed by atoms with Crippen LogP contribution in [0.1, 0.15) is 32.4 Å². The molecule has 1 aromatic carbocycles. The lowest BCUT2D eigenvalue weighted by Gasteiger charge is -2.14. The van der Waals surface area contributed by atoms with Crippen LogP contribution >= 0.6 is 0 Å². The van der Waals surface area contributed by atoms with Gasteiger partial charge in [0, 0.05) is 11.6 Å². The lowest BCUT2D eigenvalue weighted by atomic mass is 10.1. The summed E-state index contributed by atoms with van der Waals surface area (Å²) < 4.78 is 10.9. The average Bonchev–Trinajstić information content (AvgIpc) is 2.21. The fourth-order valence-electron chi connectivity index (χ4n) is 1.43. The van der Waals surface area contributed by atoms with Crippen molar-refractivity contribution in [1.29, 1.82) is 0 Å². The molecule has 0 saturated carbocycles. The van der Waals surface area contributed by atoms with Gasteiger partial charge in [0.05, 0.1) is 13.2 Å². The maximum absolute atomic E-state index is 5.87. The van der Waals surface area contributed by atoms with Crippen molar-refractivity contribution in [2.45, 2.75) is 26.8 Å². The minimum atomic E-state index is -0.0491. The van der Waals surface area contributed by atoms with Gasteiger partial charge in [-0.1, -0.05) is 0 Å². The molecule has 0 fully saturated rings. The summed E-state index contributed by atoms with van der Waals surface area (Å²) in [7, 11) is 0. The molecule has 3 nitrogen and oxygen atoms in total. The van der Waals surface area contributed by atoms with Crippen molar-refractivity contribution in [2.24, 2.45) is 5.73 Å². The number of ether oxygens (including phenoxy) is 2. The van der Waals surface area contributed by atoms with Gasteiger partial charge in [-0.3, -0.25) is 0 Å². The van der Waals surface area contributed by atoms with Gasteiger partial charge < -0.3 is 15.2 Å². The molecule has 0 aliphatic carbocycles. The van der Waals surface area contributed by atoms with Crippen molar-refractivity contribution < 1.29 is 9.47 Å². The van der Waals surface area contributed by atoms with Gasteiger partial charge in [0.1, 0.15) is 11.5 Å². The summed E-state index contributed by atoms with van der Waals surface area (Å²) in [4.78, 5) is 0. The Kier molecular flexibility index (Phi) is 4.43. The maximum atomic E-state index is 5.87. The van der Waals surface area contributed by atoms with Crippen LogP contribution < -0.4 is 15.2 Å². The number of rotatable bonds is 5. The number of hydrogen-bond acceptors (Lipinski definition) is 3. The molecule has 1 rings (SSSR count). The number of benzene rings is 1. The van der Waals surface area contributed by atoms with Crippen LogP contribution in [-0.4, -0.2) is 13.2 Å². The van der Waals surface area contributed by atoms with E-state index in [4.69, 9.17) is 15.2 Å². The molecule has 15 heavy (non-hydrogen) atoms. The smallest absolute Gasteiger partial charge is 0.124 e. The first-order valence-electron chi connectivity index (χ1n) is 5.34. The third-order valence-corrected chi connectivity index (χ3v) is 2.08. The van der Waals surface area contributed by atoms with Gasteiger partial charge in [-0.2, -0.15) is 0 Å².